The molecular weight excluding hydrogens is 340 g/mol. The van der Waals surface area contributed by atoms with Crippen molar-refractivity contribution >= 4 is 5.78 Å². The third kappa shape index (κ3) is 3.41. The molecule has 4 fully saturated rings. The van der Waals surface area contributed by atoms with Crippen LogP contribution in [-0.2, 0) is 4.79 Å². The van der Waals surface area contributed by atoms with Crippen molar-refractivity contribution in [2.45, 2.75) is 112 Å². The maximum Gasteiger partial charge on any atom is 0.133 e. The molecule has 4 rings (SSSR count). The van der Waals surface area contributed by atoms with E-state index in [-0.39, 0.29) is 0 Å². The second kappa shape index (κ2) is 7.73. The van der Waals surface area contributed by atoms with E-state index in [2.05, 4.69) is 34.6 Å². The maximum absolute atomic E-state index is 12.1. The van der Waals surface area contributed by atoms with E-state index in [1.807, 2.05) is 0 Å². The molecule has 28 heavy (non-hydrogen) atoms. The van der Waals surface area contributed by atoms with Gasteiger partial charge in [-0.15, -0.1) is 0 Å². The Balaban J connectivity index is 1.47. The Bertz CT molecular complexity index is 579. The van der Waals surface area contributed by atoms with E-state index < -0.39 is 0 Å². The fraction of sp³-hybridized carbons (Fsp3) is 0.963. The minimum absolute atomic E-state index is 0.471. The average molecular weight is 387 g/mol. The number of Topliss-reactive ketones (excluding diaryl/α,β-unsaturated/α-hetero) is 1. The first-order chi connectivity index (χ1) is 13.3. The molecule has 0 aromatic carbocycles. The van der Waals surface area contributed by atoms with Crippen molar-refractivity contribution in [2.24, 2.45) is 52.3 Å². The van der Waals surface area contributed by atoms with Gasteiger partial charge in [0.1, 0.15) is 5.78 Å². The van der Waals surface area contributed by atoms with Gasteiger partial charge in [0.25, 0.3) is 0 Å². The zero-order valence-electron chi connectivity index (χ0n) is 19.4. The summed E-state index contributed by atoms with van der Waals surface area (Å²) in [6.07, 6.45) is 15.9. The van der Waals surface area contributed by atoms with Gasteiger partial charge in [-0.3, -0.25) is 4.79 Å². The standard InChI is InChI=1S/C27H46O/c1-18(2)7-6-8-19(3)23-11-12-24-22-10-9-20-17-21(28)13-15-26(20,4)25(22)14-16-27(23,24)5/h18-20,22-25H,6-17H2,1-5H3/t19?,20-,22?,23?,24?,25?,26?,27?/m0/s1. The van der Waals surface area contributed by atoms with Crippen LogP contribution >= 0.6 is 0 Å². The normalized spacial score (nSPS) is 46.8. The quantitative estimate of drug-likeness (QED) is 0.473. The van der Waals surface area contributed by atoms with Gasteiger partial charge in [-0.2, -0.15) is 0 Å². The van der Waals surface area contributed by atoms with Crippen LogP contribution in [0.3, 0.4) is 0 Å². The summed E-state index contributed by atoms with van der Waals surface area (Å²) in [5.41, 5.74) is 1.07. The summed E-state index contributed by atoms with van der Waals surface area (Å²) in [4.78, 5) is 12.1. The second-order valence-electron chi connectivity index (χ2n) is 12.4. The van der Waals surface area contributed by atoms with E-state index in [4.69, 9.17) is 0 Å². The highest BCUT2D eigenvalue weighted by Crippen LogP contribution is 2.68. The van der Waals surface area contributed by atoms with Gasteiger partial charge >= 0.3 is 0 Å². The predicted octanol–water partition coefficient (Wildman–Crippen LogP) is 7.68. The number of fused-ring (bicyclic) bond motifs is 5. The minimum Gasteiger partial charge on any atom is -0.300 e. The van der Waals surface area contributed by atoms with Gasteiger partial charge in [-0.1, -0.05) is 53.9 Å². The highest BCUT2D eigenvalue weighted by atomic mass is 16.1. The molecule has 8 atom stereocenters. The summed E-state index contributed by atoms with van der Waals surface area (Å²) >= 11 is 0. The first kappa shape index (κ1) is 20.9. The molecule has 160 valence electrons. The Morgan fingerprint density at radius 3 is 2.39 bits per heavy atom. The Hall–Kier alpha value is -0.330. The molecule has 0 heterocycles. The summed E-state index contributed by atoms with van der Waals surface area (Å²) in [7, 11) is 0. The van der Waals surface area contributed by atoms with Gasteiger partial charge in [0.2, 0.25) is 0 Å². The number of carbonyl (C=O) groups is 1. The SMILES string of the molecule is CC(C)CCCC(C)C1CCC2C3CC[C@H]4CC(=O)CCC4(C)C3CCC12C. The molecule has 0 radical (unpaired) electrons. The lowest BCUT2D eigenvalue weighted by Crippen LogP contribution is -2.53. The van der Waals surface area contributed by atoms with E-state index in [1.54, 1.807) is 0 Å². The number of carbonyl (C=O) groups excluding carboxylic acids is 1. The van der Waals surface area contributed by atoms with Crippen LogP contribution in [0.25, 0.3) is 0 Å². The fourth-order valence-electron chi connectivity index (χ4n) is 9.07. The summed E-state index contributed by atoms with van der Waals surface area (Å²) < 4.78 is 0. The molecule has 4 aliphatic carbocycles. The second-order valence-corrected chi connectivity index (χ2v) is 12.4. The van der Waals surface area contributed by atoms with Gasteiger partial charge in [0.05, 0.1) is 0 Å². The van der Waals surface area contributed by atoms with Crippen molar-refractivity contribution in [1.29, 1.82) is 0 Å². The van der Waals surface area contributed by atoms with Crippen molar-refractivity contribution < 1.29 is 4.79 Å². The first-order valence-electron chi connectivity index (χ1n) is 12.8. The molecule has 0 aromatic heterocycles. The van der Waals surface area contributed by atoms with Crippen LogP contribution in [0.5, 0.6) is 0 Å². The number of hydrogen-bond donors (Lipinski definition) is 0. The Labute approximate surface area is 174 Å². The maximum atomic E-state index is 12.1. The lowest BCUT2D eigenvalue weighted by molar-refractivity contribution is -0.140. The molecule has 0 aliphatic heterocycles. The Morgan fingerprint density at radius 2 is 1.64 bits per heavy atom. The summed E-state index contributed by atoms with van der Waals surface area (Å²) in [5.74, 6) is 6.82. The van der Waals surface area contributed by atoms with Crippen molar-refractivity contribution in [1.82, 2.24) is 0 Å². The fourth-order valence-corrected chi connectivity index (χ4v) is 9.07. The topological polar surface area (TPSA) is 17.1 Å². The molecule has 0 bridgehead atoms. The Morgan fingerprint density at radius 1 is 0.893 bits per heavy atom. The highest BCUT2D eigenvalue weighted by molar-refractivity contribution is 5.79. The van der Waals surface area contributed by atoms with Gasteiger partial charge in [0.15, 0.2) is 0 Å². The van der Waals surface area contributed by atoms with Crippen LogP contribution < -0.4 is 0 Å². The monoisotopic (exact) mass is 386 g/mol. The predicted molar refractivity (Wildman–Crippen MR) is 118 cm³/mol. The minimum atomic E-state index is 0.471. The molecule has 4 aliphatic rings. The van der Waals surface area contributed by atoms with Crippen molar-refractivity contribution in [2.75, 3.05) is 0 Å². The highest BCUT2D eigenvalue weighted by Gasteiger charge is 2.60. The zero-order chi connectivity index (χ0) is 20.1. The number of rotatable bonds is 5. The molecule has 0 amide bonds. The summed E-state index contributed by atoms with van der Waals surface area (Å²) in [6.45, 7) is 12.6. The van der Waals surface area contributed by atoms with Crippen LogP contribution in [0, 0.1) is 52.3 Å². The van der Waals surface area contributed by atoms with E-state index in [1.165, 1.54) is 64.2 Å². The van der Waals surface area contributed by atoms with Crippen LogP contribution in [0.2, 0.25) is 0 Å². The van der Waals surface area contributed by atoms with Crippen molar-refractivity contribution in [3.05, 3.63) is 0 Å². The molecule has 0 saturated heterocycles. The summed E-state index contributed by atoms with van der Waals surface area (Å²) in [6, 6.07) is 0. The molecule has 0 N–H and O–H groups in total. The van der Waals surface area contributed by atoms with Crippen LogP contribution in [0.1, 0.15) is 112 Å². The molecule has 0 aromatic rings. The van der Waals surface area contributed by atoms with Crippen LogP contribution in [0.15, 0.2) is 0 Å². The van der Waals surface area contributed by atoms with Gasteiger partial charge in [0, 0.05) is 12.8 Å². The Kier molecular flexibility index (Phi) is 5.78. The van der Waals surface area contributed by atoms with Crippen molar-refractivity contribution in [3.8, 4) is 0 Å². The lowest BCUT2D eigenvalue weighted by Gasteiger charge is -2.60. The third-order valence-corrected chi connectivity index (χ3v) is 10.7. The van der Waals surface area contributed by atoms with Crippen LogP contribution in [0.4, 0.5) is 0 Å². The van der Waals surface area contributed by atoms with Gasteiger partial charge in [-0.25, -0.2) is 0 Å². The van der Waals surface area contributed by atoms with Crippen LogP contribution in [-0.4, -0.2) is 5.78 Å². The summed E-state index contributed by atoms with van der Waals surface area (Å²) in [5, 5.41) is 0. The largest absolute Gasteiger partial charge is 0.300 e. The number of hydrogen-bond acceptors (Lipinski definition) is 1. The molecule has 1 nitrogen and oxygen atoms in total. The molecule has 7 unspecified atom stereocenters. The molecule has 0 spiro atoms. The zero-order valence-corrected chi connectivity index (χ0v) is 19.4. The molecule has 1 heteroatoms. The first-order valence-corrected chi connectivity index (χ1v) is 12.8. The lowest BCUT2D eigenvalue weighted by atomic mass is 9.44. The molecule has 4 saturated carbocycles. The molecular formula is C27H46O. The van der Waals surface area contributed by atoms with E-state index in [0.717, 1.165) is 48.3 Å². The third-order valence-electron chi connectivity index (χ3n) is 10.7. The van der Waals surface area contributed by atoms with Crippen molar-refractivity contribution in [3.63, 3.8) is 0 Å². The van der Waals surface area contributed by atoms with Gasteiger partial charge in [-0.05, 0) is 97.2 Å². The number of ketones is 1. The van der Waals surface area contributed by atoms with E-state index >= 15 is 0 Å². The van der Waals surface area contributed by atoms with Gasteiger partial charge < -0.3 is 0 Å². The smallest absolute Gasteiger partial charge is 0.133 e. The van der Waals surface area contributed by atoms with E-state index in [9.17, 15) is 4.79 Å². The van der Waals surface area contributed by atoms with E-state index in [0.29, 0.717) is 22.5 Å². The average Bonchev–Trinajstić information content (AvgIpc) is 2.99.